The van der Waals surface area contributed by atoms with Gasteiger partial charge in [0.1, 0.15) is 23.1 Å². The zero-order chi connectivity index (χ0) is 25.5. The molecule has 0 aliphatic carbocycles. The molecule has 1 heterocycles. The van der Waals surface area contributed by atoms with Gasteiger partial charge in [0.2, 0.25) is 5.91 Å². The molecule has 1 atom stereocenters. The number of anilines is 1. The average molecular weight is 514 g/mol. The Morgan fingerprint density at radius 2 is 1.82 bits per heavy atom. The molecule has 11 nitrogen and oxygen atoms in total. The van der Waals surface area contributed by atoms with E-state index in [9.17, 15) is 22.8 Å². The minimum atomic E-state index is -4.40. The van der Waals surface area contributed by atoms with E-state index in [2.05, 4.69) is 15.0 Å². The third kappa shape index (κ3) is 9.45. The van der Waals surface area contributed by atoms with Crippen LogP contribution >= 0.6 is 11.3 Å². The van der Waals surface area contributed by atoms with Gasteiger partial charge in [-0.3, -0.25) is 23.7 Å². The number of ether oxygens (including phenoxy) is 2. The van der Waals surface area contributed by atoms with E-state index in [0.29, 0.717) is 16.3 Å². The molecular formula is C21H27N3O8S2. The molecule has 1 aromatic heterocycles. The normalized spacial score (nSPS) is 12.5. The van der Waals surface area contributed by atoms with E-state index in [1.807, 2.05) is 4.72 Å². The molecular weight excluding hydrogens is 486 g/mol. The third-order valence-corrected chi connectivity index (χ3v) is 5.70. The number of esters is 2. The molecule has 1 aromatic carbocycles. The summed E-state index contributed by atoms with van der Waals surface area (Å²) in [5, 5.41) is 4.53. The molecule has 2 aromatic rings. The Bertz CT molecular complexity index is 1120. The highest BCUT2D eigenvalue weighted by molar-refractivity contribution is 7.87. The van der Waals surface area contributed by atoms with Gasteiger partial charge in [-0.1, -0.05) is 12.1 Å². The highest BCUT2D eigenvalue weighted by Gasteiger charge is 2.29. The number of aromatic nitrogens is 1. The van der Waals surface area contributed by atoms with Crippen molar-refractivity contribution >= 4 is 45.2 Å². The van der Waals surface area contributed by atoms with Crippen LogP contribution in [0.2, 0.25) is 0 Å². The third-order valence-electron chi connectivity index (χ3n) is 4.20. The van der Waals surface area contributed by atoms with Crippen molar-refractivity contribution in [1.82, 2.24) is 10.3 Å². The number of carbonyl (C=O) groups is 3. The summed E-state index contributed by atoms with van der Waals surface area (Å²) in [5.74, 6) is -2.26. The Morgan fingerprint density at radius 1 is 1.18 bits per heavy atom. The van der Waals surface area contributed by atoms with E-state index in [4.69, 9.17) is 9.29 Å². The van der Waals surface area contributed by atoms with Crippen molar-refractivity contribution in [3.8, 4) is 0 Å². The lowest BCUT2D eigenvalue weighted by molar-refractivity contribution is -0.156. The zero-order valence-corrected chi connectivity index (χ0v) is 20.8. The van der Waals surface area contributed by atoms with E-state index in [0.717, 1.165) is 0 Å². The summed E-state index contributed by atoms with van der Waals surface area (Å²) < 4.78 is 42.8. The van der Waals surface area contributed by atoms with Crippen LogP contribution in [0.15, 0.2) is 29.6 Å². The van der Waals surface area contributed by atoms with Crippen molar-refractivity contribution in [2.24, 2.45) is 0 Å². The van der Waals surface area contributed by atoms with Crippen LogP contribution in [-0.2, 0) is 47.0 Å². The highest BCUT2D eigenvalue weighted by Crippen LogP contribution is 2.28. The van der Waals surface area contributed by atoms with Crippen LogP contribution in [-0.4, -0.2) is 55.1 Å². The van der Waals surface area contributed by atoms with Crippen LogP contribution in [0.3, 0.4) is 0 Å². The lowest BCUT2D eigenvalue weighted by atomic mass is 9.99. The summed E-state index contributed by atoms with van der Waals surface area (Å²) in [6.45, 7) is 4.99. The van der Waals surface area contributed by atoms with Crippen LogP contribution < -0.4 is 10.0 Å². The van der Waals surface area contributed by atoms with E-state index >= 15 is 0 Å². The van der Waals surface area contributed by atoms with Crippen molar-refractivity contribution in [1.29, 1.82) is 0 Å². The van der Waals surface area contributed by atoms with Gasteiger partial charge in [0.15, 0.2) is 0 Å². The van der Waals surface area contributed by atoms with E-state index in [1.165, 1.54) is 30.6 Å². The van der Waals surface area contributed by atoms with Gasteiger partial charge in [0.25, 0.3) is 0 Å². The monoisotopic (exact) mass is 513 g/mol. The topological polar surface area (TPSA) is 161 Å². The van der Waals surface area contributed by atoms with Crippen LogP contribution in [0.4, 0.5) is 5.69 Å². The predicted molar refractivity (Wildman–Crippen MR) is 125 cm³/mol. The van der Waals surface area contributed by atoms with Crippen molar-refractivity contribution < 1.29 is 36.8 Å². The Hall–Kier alpha value is -3.03. The zero-order valence-electron chi connectivity index (χ0n) is 19.2. The second kappa shape index (κ2) is 11.4. The molecule has 13 heteroatoms. The fraction of sp³-hybridized carbons (Fsp3) is 0.429. The lowest BCUT2D eigenvalue weighted by Crippen LogP contribution is -2.31. The summed E-state index contributed by atoms with van der Waals surface area (Å²) in [4.78, 5) is 40.6. The van der Waals surface area contributed by atoms with Gasteiger partial charge in [-0.15, -0.1) is 11.3 Å². The Kier molecular flexibility index (Phi) is 9.13. The molecule has 0 spiro atoms. The van der Waals surface area contributed by atoms with Gasteiger partial charge in [-0.2, -0.15) is 8.42 Å². The molecule has 34 heavy (non-hydrogen) atoms. The number of nitrogens with zero attached hydrogens (tertiary/aromatic N) is 1. The first kappa shape index (κ1) is 27.2. The van der Waals surface area contributed by atoms with Crippen molar-refractivity contribution in [2.75, 3.05) is 18.4 Å². The number of amides is 1. The second-order valence-corrected chi connectivity index (χ2v) is 10.3. The predicted octanol–water partition coefficient (Wildman–Crippen LogP) is 1.86. The SMILES string of the molecule is COC(=O)CNC(=O)Cc1csc(C(Cc2ccc(NS(=O)(=O)O)cc2)C(=O)OC(C)(C)C)n1. The van der Waals surface area contributed by atoms with Gasteiger partial charge in [0, 0.05) is 5.38 Å². The first-order valence-electron chi connectivity index (χ1n) is 10.1. The van der Waals surface area contributed by atoms with Gasteiger partial charge in [0.05, 0.1) is 24.9 Å². The Morgan fingerprint density at radius 3 is 2.38 bits per heavy atom. The van der Waals surface area contributed by atoms with Gasteiger partial charge in [-0.05, 0) is 44.9 Å². The Balaban J connectivity index is 2.19. The van der Waals surface area contributed by atoms with Crippen LogP contribution in [0.1, 0.15) is 43.0 Å². The van der Waals surface area contributed by atoms with Crippen LogP contribution in [0.5, 0.6) is 0 Å². The largest absolute Gasteiger partial charge is 0.468 e. The summed E-state index contributed by atoms with van der Waals surface area (Å²) in [6.07, 6.45) is 0.132. The summed E-state index contributed by atoms with van der Waals surface area (Å²) >= 11 is 1.20. The number of rotatable bonds is 10. The number of benzene rings is 1. The summed E-state index contributed by atoms with van der Waals surface area (Å²) in [6, 6.07) is 6.13. The van der Waals surface area contributed by atoms with E-state index in [1.54, 1.807) is 38.3 Å². The number of hydrogen-bond donors (Lipinski definition) is 3. The molecule has 3 N–H and O–H groups in total. The molecule has 0 saturated carbocycles. The molecule has 0 radical (unpaired) electrons. The fourth-order valence-electron chi connectivity index (χ4n) is 2.77. The smallest absolute Gasteiger partial charge is 0.357 e. The number of nitrogens with one attached hydrogen (secondary N) is 2. The maximum absolute atomic E-state index is 12.9. The first-order chi connectivity index (χ1) is 15.8. The minimum absolute atomic E-state index is 0.0788. The number of thiazole rings is 1. The maximum Gasteiger partial charge on any atom is 0.357 e. The molecule has 0 aliphatic heterocycles. The summed E-state index contributed by atoms with van der Waals surface area (Å²) in [7, 11) is -3.18. The number of hydrogen-bond acceptors (Lipinski definition) is 9. The van der Waals surface area contributed by atoms with E-state index in [-0.39, 0.29) is 25.1 Å². The average Bonchev–Trinajstić information content (AvgIpc) is 3.16. The second-order valence-electron chi connectivity index (χ2n) is 8.27. The van der Waals surface area contributed by atoms with Crippen molar-refractivity contribution in [2.45, 2.75) is 45.1 Å². The van der Waals surface area contributed by atoms with Crippen molar-refractivity contribution in [3.05, 3.63) is 45.9 Å². The fourth-order valence-corrected chi connectivity index (χ4v) is 4.11. The Labute approximate surface area is 201 Å². The quantitative estimate of drug-likeness (QED) is 0.318. The number of methoxy groups -OCH3 is 1. The highest BCUT2D eigenvalue weighted by atomic mass is 32.2. The van der Waals surface area contributed by atoms with Gasteiger partial charge in [-0.25, -0.2) is 4.98 Å². The summed E-state index contributed by atoms with van der Waals surface area (Å²) in [5.41, 5.74) is 0.564. The minimum Gasteiger partial charge on any atom is -0.468 e. The van der Waals surface area contributed by atoms with Crippen molar-refractivity contribution in [3.63, 3.8) is 0 Å². The standard InChI is InChI=1S/C21H27N3O8S2/c1-21(2,3)32-20(27)16(9-13-5-7-14(8-6-13)24-34(28,29)30)19-23-15(12-33-19)10-17(25)22-11-18(26)31-4/h5-8,12,16,24H,9-11H2,1-4H3,(H,22,25)(H,28,29,30). The molecule has 1 unspecified atom stereocenters. The molecule has 0 aliphatic rings. The maximum atomic E-state index is 12.9. The first-order valence-corrected chi connectivity index (χ1v) is 12.4. The molecule has 0 saturated heterocycles. The van der Waals surface area contributed by atoms with Gasteiger partial charge < -0.3 is 14.8 Å². The van der Waals surface area contributed by atoms with E-state index < -0.39 is 39.7 Å². The molecule has 1 amide bonds. The molecule has 2 rings (SSSR count). The molecule has 0 bridgehead atoms. The molecule has 186 valence electrons. The van der Waals surface area contributed by atoms with Crippen LogP contribution in [0, 0.1) is 0 Å². The van der Waals surface area contributed by atoms with Gasteiger partial charge >= 0.3 is 22.2 Å². The van der Waals surface area contributed by atoms with Crippen LogP contribution in [0.25, 0.3) is 0 Å². The lowest BCUT2D eigenvalue weighted by Gasteiger charge is -2.23. The molecule has 0 fully saturated rings. The number of carbonyl (C=O) groups excluding carboxylic acids is 3.